The molecule has 0 aromatic heterocycles. The Morgan fingerprint density at radius 3 is 2.19 bits per heavy atom. The van der Waals surface area contributed by atoms with Gasteiger partial charge in [-0.25, -0.2) is 0 Å². The molecule has 1 atom stereocenters. The second-order valence-electron chi connectivity index (χ2n) is 5.62. The van der Waals surface area contributed by atoms with Crippen LogP contribution in [-0.2, 0) is 9.59 Å². The number of benzene rings is 2. The summed E-state index contributed by atoms with van der Waals surface area (Å²) in [6.45, 7) is -0.236. The third-order valence-electron chi connectivity index (χ3n) is 3.61. The summed E-state index contributed by atoms with van der Waals surface area (Å²) in [6, 6.07) is 17.3. The van der Waals surface area contributed by atoms with Crippen LogP contribution in [0.1, 0.15) is 22.3 Å². The van der Waals surface area contributed by atoms with Gasteiger partial charge in [-0.05, 0) is 24.1 Å². The summed E-state index contributed by atoms with van der Waals surface area (Å²) < 4.78 is 0. The van der Waals surface area contributed by atoms with Gasteiger partial charge >= 0.3 is 0 Å². The molecule has 4 N–H and O–H groups in total. The number of carbonyl (C=O) groups excluding carboxylic acids is 3. The fourth-order valence-corrected chi connectivity index (χ4v) is 2.25. The zero-order chi connectivity index (χ0) is 18.8. The SMILES string of the molecule is NC(=O)[C@@H](C/C=C/c1ccccc1)NC(=O)CNC(=O)c1ccccc1. The maximum atomic E-state index is 12.0. The predicted octanol–water partition coefficient (Wildman–Crippen LogP) is 1.49. The summed E-state index contributed by atoms with van der Waals surface area (Å²) in [5.41, 5.74) is 6.78. The van der Waals surface area contributed by atoms with Crippen LogP contribution in [0.4, 0.5) is 0 Å². The Labute approximate surface area is 152 Å². The fraction of sp³-hybridized carbons (Fsp3) is 0.150. The average molecular weight is 351 g/mol. The second-order valence-corrected chi connectivity index (χ2v) is 5.62. The maximum absolute atomic E-state index is 12.0. The standard InChI is InChI=1S/C20H21N3O3/c21-19(25)17(13-7-10-15-8-3-1-4-9-15)23-18(24)14-22-20(26)16-11-5-2-6-12-16/h1-12,17H,13-14H2,(H2,21,25)(H,22,26)(H,23,24)/b10-7+/t17-/m1/s1. The van der Waals surface area contributed by atoms with Gasteiger partial charge in [0, 0.05) is 5.56 Å². The van der Waals surface area contributed by atoms with Gasteiger partial charge in [-0.3, -0.25) is 14.4 Å². The van der Waals surface area contributed by atoms with E-state index < -0.39 is 17.9 Å². The van der Waals surface area contributed by atoms with Crippen molar-refractivity contribution in [3.63, 3.8) is 0 Å². The van der Waals surface area contributed by atoms with Crippen molar-refractivity contribution in [1.82, 2.24) is 10.6 Å². The van der Waals surface area contributed by atoms with E-state index in [9.17, 15) is 14.4 Å². The lowest BCUT2D eigenvalue weighted by Gasteiger charge is -2.14. The summed E-state index contributed by atoms with van der Waals surface area (Å²) in [5, 5.41) is 5.03. The van der Waals surface area contributed by atoms with Crippen LogP contribution < -0.4 is 16.4 Å². The van der Waals surface area contributed by atoms with Gasteiger partial charge in [0.2, 0.25) is 11.8 Å². The van der Waals surface area contributed by atoms with Crippen LogP contribution in [0.25, 0.3) is 6.08 Å². The van der Waals surface area contributed by atoms with E-state index in [0.717, 1.165) is 5.56 Å². The lowest BCUT2D eigenvalue weighted by Crippen LogP contribution is -2.47. The molecule has 0 radical (unpaired) electrons. The first kappa shape index (κ1) is 18.9. The summed E-state index contributed by atoms with van der Waals surface area (Å²) in [7, 11) is 0. The molecular formula is C20H21N3O3. The number of amides is 3. The predicted molar refractivity (Wildman–Crippen MR) is 100.0 cm³/mol. The van der Waals surface area contributed by atoms with Crippen LogP contribution in [-0.4, -0.2) is 30.3 Å². The first-order valence-electron chi connectivity index (χ1n) is 8.20. The molecule has 2 rings (SSSR count). The quantitative estimate of drug-likeness (QED) is 0.671. The third kappa shape index (κ3) is 6.24. The molecule has 134 valence electrons. The highest BCUT2D eigenvalue weighted by Crippen LogP contribution is 2.03. The molecule has 2 aromatic rings. The van der Waals surface area contributed by atoms with Crippen LogP contribution in [0.5, 0.6) is 0 Å². The molecule has 0 unspecified atom stereocenters. The summed E-state index contributed by atoms with van der Waals surface area (Å²) in [6.07, 6.45) is 3.88. The maximum Gasteiger partial charge on any atom is 0.251 e. The fourth-order valence-electron chi connectivity index (χ4n) is 2.25. The molecule has 0 heterocycles. The Morgan fingerprint density at radius 2 is 1.58 bits per heavy atom. The van der Waals surface area contributed by atoms with E-state index in [-0.39, 0.29) is 18.9 Å². The second kappa shape index (κ2) is 9.78. The van der Waals surface area contributed by atoms with Crippen molar-refractivity contribution >= 4 is 23.8 Å². The molecule has 0 saturated carbocycles. The zero-order valence-corrected chi connectivity index (χ0v) is 14.2. The first-order valence-corrected chi connectivity index (χ1v) is 8.20. The van der Waals surface area contributed by atoms with Gasteiger partial charge < -0.3 is 16.4 Å². The minimum atomic E-state index is -0.837. The van der Waals surface area contributed by atoms with Gasteiger partial charge in [0.15, 0.2) is 0 Å². The van der Waals surface area contributed by atoms with Crippen molar-refractivity contribution in [2.24, 2.45) is 5.73 Å². The first-order chi connectivity index (χ1) is 12.6. The number of primary amides is 1. The lowest BCUT2D eigenvalue weighted by molar-refractivity contribution is -0.126. The Morgan fingerprint density at radius 1 is 0.962 bits per heavy atom. The molecule has 3 amide bonds. The number of hydrogen-bond acceptors (Lipinski definition) is 3. The lowest BCUT2D eigenvalue weighted by atomic mass is 10.1. The van der Waals surface area contributed by atoms with Gasteiger partial charge in [0.05, 0.1) is 6.54 Å². The van der Waals surface area contributed by atoms with E-state index in [2.05, 4.69) is 10.6 Å². The molecule has 6 nitrogen and oxygen atoms in total. The van der Waals surface area contributed by atoms with E-state index in [4.69, 9.17) is 5.73 Å². The van der Waals surface area contributed by atoms with Gasteiger partial charge in [0.25, 0.3) is 5.91 Å². The van der Waals surface area contributed by atoms with Crippen molar-refractivity contribution in [1.29, 1.82) is 0 Å². The molecule has 0 aliphatic carbocycles. The van der Waals surface area contributed by atoms with Crippen LogP contribution in [0, 0.1) is 0 Å². The molecule has 0 bridgehead atoms. The third-order valence-corrected chi connectivity index (χ3v) is 3.61. The Bertz CT molecular complexity index is 773. The number of nitrogens with one attached hydrogen (secondary N) is 2. The van der Waals surface area contributed by atoms with Crippen LogP contribution in [0.2, 0.25) is 0 Å². The van der Waals surface area contributed by atoms with Gasteiger partial charge in [0.1, 0.15) is 6.04 Å². The largest absolute Gasteiger partial charge is 0.368 e. The van der Waals surface area contributed by atoms with E-state index >= 15 is 0 Å². The number of nitrogens with two attached hydrogens (primary N) is 1. The van der Waals surface area contributed by atoms with Gasteiger partial charge in [-0.15, -0.1) is 0 Å². The molecule has 0 saturated heterocycles. The summed E-state index contributed by atoms with van der Waals surface area (Å²) in [4.78, 5) is 35.4. The van der Waals surface area contributed by atoms with Crippen molar-refractivity contribution in [2.75, 3.05) is 6.54 Å². The van der Waals surface area contributed by atoms with E-state index in [0.29, 0.717) is 5.56 Å². The molecular weight excluding hydrogens is 330 g/mol. The van der Waals surface area contributed by atoms with Crippen LogP contribution in [0.3, 0.4) is 0 Å². The number of rotatable bonds is 8. The molecule has 0 aliphatic heterocycles. The molecule has 0 aliphatic rings. The molecule has 2 aromatic carbocycles. The molecule has 26 heavy (non-hydrogen) atoms. The highest BCUT2D eigenvalue weighted by Gasteiger charge is 2.17. The smallest absolute Gasteiger partial charge is 0.251 e. The zero-order valence-electron chi connectivity index (χ0n) is 14.2. The van der Waals surface area contributed by atoms with E-state index in [1.54, 1.807) is 36.4 Å². The average Bonchev–Trinajstić information content (AvgIpc) is 2.66. The van der Waals surface area contributed by atoms with Crippen molar-refractivity contribution in [3.05, 3.63) is 77.9 Å². The molecule has 0 spiro atoms. The monoisotopic (exact) mass is 351 g/mol. The van der Waals surface area contributed by atoms with Crippen molar-refractivity contribution < 1.29 is 14.4 Å². The highest BCUT2D eigenvalue weighted by molar-refractivity contribution is 5.97. The van der Waals surface area contributed by atoms with E-state index in [1.807, 2.05) is 36.4 Å². The Balaban J connectivity index is 1.83. The molecule has 0 fully saturated rings. The van der Waals surface area contributed by atoms with Gasteiger partial charge in [-0.1, -0.05) is 60.7 Å². The minimum absolute atomic E-state index is 0.236. The van der Waals surface area contributed by atoms with Crippen molar-refractivity contribution in [3.8, 4) is 0 Å². The Hall–Kier alpha value is -3.41. The van der Waals surface area contributed by atoms with Crippen LogP contribution in [0.15, 0.2) is 66.7 Å². The summed E-state index contributed by atoms with van der Waals surface area (Å²) >= 11 is 0. The van der Waals surface area contributed by atoms with E-state index in [1.165, 1.54) is 0 Å². The van der Waals surface area contributed by atoms with Crippen LogP contribution >= 0.6 is 0 Å². The van der Waals surface area contributed by atoms with Crippen molar-refractivity contribution in [2.45, 2.75) is 12.5 Å². The van der Waals surface area contributed by atoms with Gasteiger partial charge in [-0.2, -0.15) is 0 Å². The summed E-state index contributed by atoms with van der Waals surface area (Å²) in [5.74, 6) is -1.48. The number of hydrogen-bond donors (Lipinski definition) is 3. The highest BCUT2D eigenvalue weighted by atomic mass is 16.2. The molecule has 6 heteroatoms. The number of carbonyl (C=O) groups is 3. The Kier molecular flexibility index (Phi) is 7.12. The topological polar surface area (TPSA) is 101 Å². The minimum Gasteiger partial charge on any atom is -0.368 e. The normalized spacial score (nSPS) is 11.7.